The molecule has 2 aliphatic rings. The molecule has 1 aliphatic carbocycles. The molecule has 0 bridgehead atoms. The Kier molecular flexibility index (Phi) is 5.53. The third kappa shape index (κ3) is 4.47. The number of rotatable bonds is 4. The molecule has 2 aromatic carbocycles. The summed E-state index contributed by atoms with van der Waals surface area (Å²) in [6.07, 6.45) is 2.83. The maximum Gasteiger partial charge on any atom is 0.319 e. The number of carbonyl (C=O) groups excluding carboxylic acids is 2. The Morgan fingerprint density at radius 2 is 1.68 bits per heavy atom. The van der Waals surface area contributed by atoms with Crippen LogP contribution in [0.2, 0.25) is 5.02 Å². The molecule has 0 aromatic heterocycles. The topological polar surface area (TPSA) is 61.4 Å². The Balaban J connectivity index is 1.47. The quantitative estimate of drug-likeness (QED) is 0.809. The number of likely N-dealkylation sites (tertiary alicyclic amines) is 1. The van der Waals surface area contributed by atoms with Gasteiger partial charge < -0.3 is 15.5 Å². The number of carbonyl (C=O) groups is 2. The van der Waals surface area contributed by atoms with Gasteiger partial charge in [0.2, 0.25) is 5.91 Å². The van der Waals surface area contributed by atoms with Crippen LogP contribution in [0, 0.1) is 5.92 Å². The van der Waals surface area contributed by atoms with Crippen LogP contribution in [0.3, 0.4) is 0 Å². The molecule has 28 heavy (non-hydrogen) atoms. The summed E-state index contributed by atoms with van der Waals surface area (Å²) in [6, 6.07) is 16.8. The van der Waals surface area contributed by atoms with Crippen molar-refractivity contribution in [2.45, 2.75) is 31.2 Å². The zero-order valence-corrected chi connectivity index (χ0v) is 16.4. The zero-order chi connectivity index (χ0) is 19.5. The van der Waals surface area contributed by atoms with Gasteiger partial charge in [-0.05, 0) is 49.1 Å². The van der Waals surface area contributed by atoms with Gasteiger partial charge in [0.05, 0.1) is 6.04 Å². The maximum absolute atomic E-state index is 12.6. The number of hydrogen-bond donors (Lipinski definition) is 2. The maximum atomic E-state index is 12.6. The first-order chi connectivity index (χ1) is 13.6. The highest BCUT2D eigenvalue weighted by Gasteiger charge is 2.38. The molecule has 1 saturated carbocycles. The monoisotopic (exact) mass is 397 g/mol. The van der Waals surface area contributed by atoms with Gasteiger partial charge in [0.25, 0.3) is 0 Å². The van der Waals surface area contributed by atoms with E-state index in [1.54, 1.807) is 24.3 Å². The van der Waals surface area contributed by atoms with Crippen LogP contribution in [0.5, 0.6) is 0 Å². The number of urea groups is 1. The van der Waals surface area contributed by atoms with Crippen molar-refractivity contribution >= 4 is 29.2 Å². The summed E-state index contributed by atoms with van der Waals surface area (Å²) in [7, 11) is 0. The van der Waals surface area contributed by atoms with E-state index in [4.69, 9.17) is 11.6 Å². The highest BCUT2D eigenvalue weighted by molar-refractivity contribution is 6.30. The van der Waals surface area contributed by atoms with Crippen LogP contribution in [0.15, 0.2) is 54.6 Å². The summed E-state index contributed by atoms with van der Waals surface area (Å²) in [5, 5.41) is 6.58. The molecule has 146 valence electrons. The smallest absolute Gasteiger partial charge is 0.319 e. The normalized spacial score (nSPS) is 21.8. The van der Waals surface area contributed by atoms with E-state index >= 15 is 0 Å². The Labute approximate surface area is 170 Å². The van der Waals surface area contributed by atoms with Crippen molar-refractivity contribution in [3.8, 4) is 0 Å². The van der Waals surface area contributed by atoms with Gasteiger partial charge in [-0.1, -0.05) is 41.9 Å². The third-order valence-corrected chi connectivity index (χ3v) is 5.75. The molecule has 2 fully saturated rings. The van der Waals surface area contributed by atoms with Crippen LogP contribution < -0.4 is 10.6 Å². The highest BCUT2D eigenvalue weighted by atomic mass is 35.5. The lowest BCUT2D eigenvalue weighted by molar-refractivity contribution is -0.134. The van der Waals surface area contributed by atoms with Gasteiger partial charge in [0.15, 0.2) is 0 Å². The lowest BCUT2D eigenvalue weighted by atomic mass is 9.85. The summed E-state index contributed by atoms with van der Waals surface area (Å²) < 4.78 is 0. The Bertz CT molecular complexity index is 837. The zero-order valence-electron chi connectivity index (χ0n) is 15.6. The summed E-state index contributed by atoms with van der Waals surface area (Å²) in [5.41, 5.74) is 1.87. The van der Waals surface area contributed by atoms with Crippen molar-refractivity contribution in [2.75, 3.05) is 18.4 Å². The summed E-state index contributed by atoms with van der Waals surface area (Å²) >= 11 is 5.90. The van der Waals surface area contributed by atoms with Crippen molar-refractivity contribution < 1.29 is 9.59 Å². The minimum absolute atomic E-state index is 0.133. The molecule has 3 amide bonds. The Morgan fingerprint density at radius 1 is 0.964 bits per heavy atom. The molecular formula is C22H24ClN3O2. The molecular weight excluding hydrogens is 374 g/mol. The predicted molar refractivity (Wildman–Crippen MR) is 110 cm³/mol. The van der Waals surface area contributed by atoms with Gasteiger partial charge in [-0.3, -0.25) is 4.79 Å². The van der Waals surface area contributed by atoms with Crippen LogP contribution >= 0.6 is 11.6 Å². The van der Waals surface area contributed by atoms with Gasteiger partial charge in [0.1, 0.15) is 0 Å². The summed E-state index contributed by atoms with van der Waals surface area (Å²) in [5.74, 6) is 0.605. The largest absolute Gasteiger partial charge is 0.340 e. The highest BCUT2D eigenvalue weighted by Crippen LogP contribution is 2.34. The van der Waals surface area contributed by atoms with Crippen molar-refractivity contribution in [1.82, 2.24) is 10.2 Å². The molecule has 1 aliphatic heterocycles. The van der Waals surface area contributed by atoms with E-state index in [2.05, 4.69) is 22.8 Å². The Hall–Kier alpha value is -2.53. The Morgan fingerprint density at radius 3 is 2.36 bits per heavy atom. The van der Waals surface area contributed by atoms with Gasteiger partial charge in [0, 0.05) is 35.6 Å². The first-order valence-electron chi connectivity index (χ1n) is 9.77. The molecule has 6 heteroatoms. The SMILES string of the molecule is O=C(Nc1ccc(Cl)cc1)N[C@@H]1CN(C(=O)C2CC2)CCC1c1ccccc1. The van der Waals surface area contributed by atoms with Gasteiger partial charge in [-0.2, -0.15) is 0 Å². The van der Waals surface area contributed by atoms with E-state index in [9.17, 15) is 9.59 Å². The van der Waals surface area contributed by atoms with E-state index in [1.165, 1.54) is 5.56 Å². The number of nitrogens with one attached hydrogen (secondary N) is 2. The standard InChI is InChI=1S/C22H24ClN3O2/c23-17-8-10-18(11-9-17)24-22(28)25-20-14-26(21(27)16-6-7-16)13-12-19(20)15-4-2-1-3-5-15/h1-5,8-11,16,19-20H,6-7,12-14H2,(H2,24,25,28)/t19?,20-/m1/s1. The lowest BCUT2D eigenvalue weighted by Crippen LogP contribution is -2.54. The molecule has 0 radical (unpaired) electrons. The average molecular weight is 398 g/mol. The van der Waals surface area contributed by atoms with E-state index in [-0.39, 0.29) is 29.8 Å². The van der Waals surface area contributed by atoms with Gasteiger partial charge in [-0.15, -0.1) is 0 Å². The minimum atomic E-state index is -0.269. The molecule has 1 unspecified atom stereocenters. The lowest BCUT2D eigenvalue weighted by Gasteiger charge is -2.39. The number of amides is 3. The predicted octanol–water partition coefficient (Wildman–Crippen LogP) is 4.26. The number of hydrogen-bond acceptors (Lipinski definition) is 2. The van der Waals surface area contributed by atoms with E-state index in [0.29, 0.717) is 17.3 Å². The van der Waals surface area contributed by atoms with Crippen molar-refractivity contribution in [3.05, 3.63) is 65.2 Å². The number of nitrogens with zero attached hydrogens (tertiary/aromatic N) is 1. The van der Waals surface area contributed by atoms with Gasteiger partial charge >= 0.3 is 6.03 Å². The van der Waals surface area contributed by atoms with Crippen LogP contribution in [-0.4, -0.2) is 36.0 Å². The second kappa shape index (κ2) is 8.23. The summed E-state index contributed by atoms with van der Waals surface area (Å²) in [4.78, 5) is 27.1. The summed E-state index contributed by atoms with van der Waals surface area (Å²) in [6.45, 7) is 1.29. The number of piperidine rings is 1. The van der Waals surface area contributed by atoms with E-state index < -0.39 is 0 Å². The number of benzene rings is 2. The molecule has 2 N–H and O–H groups in total. The fraction of sp³-hybridized carbons (Fsp3) is 0.364. The van der Waals surface area contributed by atoms with Crippen molar-refractivity contribution in [3.63, 3.8) is 0 Å². The molecule has 1 heterocycles. The van der Waals surface area contributed by atoms with Crippen molar-refractivity contribution in [2.24, 2.45) is 5.92 Å². The minimum Gasteiger partial charge on any atom is -0.340 e. The second-order valence-corrected chi connectivity index (χ2v) is 8.01. The van der Waals surface area contributed by atoms with E-state index in [1.807, 2.05) is 23.1 Å². The number of halogens is 1. The number of anilines is 1. The molecule has 0 spiro atoms. The molecule has 5 nitrogen and oxygen atoms in total. The van der Waals surface area contributed by atoms with Crippen LogP contribution in [0.4, 0.5) is 10.5 Å². The second-order valence-electron chi connectivity index (χ2n) is 7.58. The van der Waals surface area contributed by atoms with Gasteiger partial charge in [-0.25, -0.2) is 4.79 Å². The average Bonchev–Trinajstić information content (AvgIpc) is 3.55. The molecule has 1 saturated heterocycles. The van der Waals surface area contributed by atoms with Crippen molar-refractivity contribution in [1.29, 1.82) is 0 Å². The van der Waals surface area contributed by atoms with Crippen LogP contribution in [0.25, 0.3) is 0 Å². The molecule has 2 aromatic rings. The molecule has 4 rings (SSSR count). The first kappa shape index (κ1) is 18.8. The first-order valence-corrected chi connectivity index (χ1v) is 10.1. The van der Waals surface area contributed by atoms with Crippen LogP contribution in [0.1, 0.15) is 30.7 Å². The fourth-order valence-corrected chi connectivity index (χ4v) is 3.98. The fourth-order valence-electron chi connectivity index (χ4n) is 3.85. The third-order valence-electron chi connectivity index (χ3n) is 5.50. The van der Waals surface area contributed by atoms with E-state index in [0.717, 1.165) is 25.8 Å². The molecule has 2 atom stereocenters. The van der Waals surface area contributed by atoms with Crippen LogP contribution in [-0.2, 0) is 4.79 Å².